The first-order valence-corrected chi connectivity index (χ1v) is 10.8. The summed E-state index contributed by atoms with van der Waals surface area (Å²) in [5.41, 5.74) is 2.60. The van der Waals surface area contributed by atoms with Gasteiger partial charge in [0.2, 0.25) is 0 Å². The monoisotopic (exact) mass is 380 g/mol. The van der Waals surface area contributed by atoms with Crippen LogP contribution in [0.3, 0.4) is 0 Å². The second kappa shape index (κ2) is 7.69. The molecule has 5 heteroatoms. The molecule has 1 aromatic carbocycles. The number of rotatable bonds is 7. The van der Waals surface area contributed by atoms with Crippen molar-refractivity contribution in [2.24, 2.45) is 17.6 Å². The van der Waals surface area contributed by atoms with Gasteiger partial charge in [0.15, 0.2) is 5.82 Å². The molecule has 1 N–H and O–H groups in total. The smallest absolute Gasteiger partial charge is 0.164 e. The Morgan fingerprint density at radius 2 is 1.79 bits per heavy atom. The standard InChI is InChI=1S/C23H32N4O/c1-3-4-7-10-22-11-14-23(15-12-22,16-13-22)21-26-25-20(27(21)2)19-9-6-5-8-18(19)17-24-28/h5-6,8-9,17,28H,3-4,7,10-16H2,1-2H3/b24-17+. The normalized spacial score (nSPS) is 26.9. The summed E-state index contributed by atoms with van der Waals surface area (Å²) < 4.78 is 2.18. The Kier molecular flexibility index (Phi) is 5.26. The number of unbranched alkanes of at least 4 members (excludes halogenated alkanes) is 2. The van der Waals surface area contributed by atoms with Gasteiger partial charge in [-0.15, -0.1) is 10.2 Å². The third kappa shape index (κ3) is 3.25. The molecule has 3 aliphatic rings. The molecule has 5 nitrogen and oxygen atoms in total. The summed E-state index contributed by atoms with van der Waals surface area (Å²) in [7, 11) is 2.09. The number of oxime groups is 1. The van der Waals surface area contributed by atoms with Crippen LogP contribution in [0.5, 0.6) is 0 Å². The van der Waals surface area contributed by atoms with Crippen LogP contribution in [-0.2, 0) is 12.5 Å². The Hall–Kier alpha value is -2.17. The first-order chi connectivity index (χ1) is 13.6. The van der Waals surface area contributed by atoms with Crippen LogP contribution in [0.25, 0.3) is 11.4 Å². The van der Waals surface area contributed by atoms with E-state index in [1.807, 2.05) is 24.3 Å². The van der Waals surface area contributed by atoms with E-state index in [1.54, 1.807) is 0 Å². The van der Waals surface area contributed by atoms with Gasteiger partial charge in [-0.1, -0.05) is 55.6 Å². The zero-order valence-corrected chi connectivity index (χ0v) is 17.2. The highest BCUT2D eigenvalue weighted by Crippen LogP contribution is 2.59. The fourth-order valence-corrected chi connectivity index (χ4v) is 5.62. The molecular weight excluding hydrogens is 348 g/mol. The van der Waals surface area contributed by atoms with Crippen LogP contribution in [0.1, 0.15) is 82.5 Å². The molecule has 1 heterocycles. The van der Waals surface area contributed by atoms with Crippen LogP contribution < -0.4 is 0 Å². The molecule has 1 aromatic heterocycles. The zero-order valence-electron chi connectivity index (χ0n) is 17.2. The number of aromatic nitrogens is 3. The maximum Gasteiger partial charge on any atom is 0.164 e. The van der Waals surface area contributed by atoms with Gasteiger partial charge >= 0.3 is 0 Å². The maximum atomic E-state index is 8.98. The summed E-state index contributed by atoms with van der Waals surface area (Å²) in [4.78, 5) is 0. The van der Waals surface area contributed by atoms with Crippen molar-refractivity contribution in [1.29, 1.82) is 0 Å². The predicted molar refractivity (Wildman–Crippen MR) is 112 cm³/mol. The van der Waals surface area contributed by atoms with Gasteiger partial charge in [0.1, 0.15) is 5.82 Å². The molecule has 0 saturated heterocycles. The molecule has 3 aliphatic carbocycles. The molecule has 0 amide bonds. The average Bonchev–Trinajstić information content (AvgIpc) is 3.12. The van der Waals surface area contributed by atoms with Gasteiger partial charge in [-0.2, -0.15) is 0 Å². The van der Waals surface area contributed by atoms with Crippen molar-refractivity contribution in [1.82, 2.24) is 14.8 Å². The van der Waals surface area contributed by atoms with Crippen LogP contribution in [0, 0.1) is 5.41 Å². The van der Waals surface area contributed by atoms with Crippen molar-refractivity contribution in [3.05, 3.63) is 35.7 Å². The average molecular weight is 381 g/mol. The molecule has 3 fully saturated rings. The van der Waals surface area contributed by atoms with E-state index >= 15 is 0 Å². The lowest BCUT2D eigenvalue weighted by Crippen LogP contribution is -2.45. The summed E-state index contributed by atoms with van der Waals surface area (Å²) in [6.07, 6.45) is 14.7. The lowest BCUT2D eigenvalue weighted by Gasteiger charge is -2.53. The Morgan fingerprint density at radius 3 is 2.46 bits per heavy atom. The lowest BCUT2D eigenvalue weighted by molar-refractivity contribution is 0.0250. The van der Waals surface area contributed by atoms with E-state index in [9.17, 15) is 0 Å². The van der Waals surface area contributed by atoms with Gasteiger partial charge in [-0.05, 0) is 50.4 Å². The fourth-order valence-electron chi connectivity index (χ4n) is 5.62. The Labute approximate surface area is 167 Å². The van der Waals surface area contributed by atoms with Crippen molar-refractivity contribution in [2.45, 2.75) is 76.5 Å². The van der Waals surface area contributed by atoms with Gasteiger partial charge in [-0.3, -0.25) is 0 Å². The number of benzene rings is 1. The summed E-state index contributed by atoms with van der Waals surface area (Å²) >= 11 is 0. The van der Waals surface area contributed by atoms with Crippen molar-refractivity contribution < 1.29 is 5.21 Å². The Bertz CT molecular complexity index is 830. The van der Waals surface area contributed by atoms with Gasteiger partial charge in [0.25, 0.3) is 0 Å². The van der Waals surface area contributed by atoms with Crippen LogP contribution in [0.2, 0.25) is 0 Å². The molecule has 150 valence electrons. The van der Waals surface area contributed by atoms with E-state index in [1.165, 1.54) is 70.4 Å². The highest BCUT2D eigenvalue weighted by Gasteiger charge is 2.51. The molecule has 2 bridgehead atoms. The molecule has 0 spiro atoms. The third-order valence-corrected chi connectivity index (χ3v) is 7.46. The number of hydrogen-bond acceptors (Lipinski definition) is 4. The topological polar surface area (TPSA) is 63.3 Å². The number of hydrogen-bond donors (Lipinski definition) is 1. The first-order valence-electron chi connectivity index (χ1n) is 10.8. The molecule has 28 heavy (non-hydrogen) atoms. The van der Waals surface area contributed by atoms with E-state index in [0.717, 1.165) is 22.8 Å². The molecular formula is C23H32N4O. The van der Waals surface area contributed by atoms with E-state index in [4.69, 9.17) is 5.21 Å². The largest absolute Gasteiger partial charge is 0.411 e. The highest BCUT2D eigenvalue weighted by atomic mass is 16.4. The summed E-state index contributed by atoms with van der Waals surface area (Å²) in [5.74, 6) is 1.99. The van der Waals surface area contributed by atoms with E-state index in [-0.39, 0.29) is 5.41 Å². The molecule has 0 radical (unpaired) electrons. The molecule has 0 unspecified atom stereocenters. The number of fused-ring (bicyclic) bond motifs is 3. The summed E-state index contributed by atoms with van der Waals surface area (Å²) in [5, 5.41) is 21.4. The molecule has 2 aromatic rings. The predicted octanol–water partition coefficient (Wildman–Crippen LogP) is 5.46. The van der Waals surface area contributed by atoms with E-state index < -0.39 is 0 Å². The van der Waals surface area contributed by atoms with Crippen molar-refractivity contribution in [2.75, 3.05) is 0 Å². The maximum absolute atomic E-state index is 8.98. The van der Waals surface area contributed by atoms with Gasteiger partial charge < -0.3 is 9.77 Å². The molecule has 0 aliphatic heterocycles. The van der Waals surface area contributed by atoms with Gasteiger partial charge in [0, 0.05) is 23.6 Å². The van der Waals surface area contributed by atoms with Crippen LogP contribution in [-0.4, -0.2) is 26.2 Å². The minimum Gasteiger partial charge on any atom is -0.411 e. The third-order valence-electron chi connectivity index (χ3n) is 7.46. The van der Waals surface area contributed by atoms with Crippen molar-refractivity contribution >= 4 is 6.21 Å². The van der Waals surface area contributed by atoms with E-state index in [2.05, 4.69) is 33.9 Å². The minimum atomic E-state index is 0.187. The summed E-state index contributed by atoms with van der Waals surface area (Å²) in [6.45, 7) is 2.29. The van der Waals surface area contributed by atoms with Crippen LogP contribution >= 0.6 is 0 Å². The molecule has 5 rings (SSSR count). The van der Waals surface area contributed by atoms with Gasteiger partial charge in [-0.25, -0.2) is 0 Å². The van der Waals surface area contributed by atoms with Crippen molar-refractivity contribution in [3.8, 4) is 11.4 Å². The van der Waals surface area contributed by atoms with Crippen LogP contribution in [0.15, 0.2) is 29.4 Å². The number of nitrogens with zero attached hydrogens (tertiary/aromatic N) is 4. The SMILES string of the molecule is CCCCCC12CCC(c3nnc(-c4ccccc4/C=N/O)n3C)(CC1)CC2. The van der Waals surface area contributed by atoms with Crippen LogP contribution in [0.4, 0.5) is 0 Å². The molecule has 0 atom stereocenters. The van der Waals surface area contributed by atoms with Crippen molar-refractivity contribution in [3.63, 3.8) is 0 Å². The Balaban J connectivity index is 1.58. The molecule has 3 saturated carbocycles. The fraction of sp³-hybridized carbons (Fsp3) is 0.609. The zero-order chi connectivity index (χ0) is 19.6. The second-order valence-corrected chi connectivity index (χ2v) is 8.98. The Morgan fingerprint density at radius 1 is 1.07 bits per heavy atom. The van der Waals surface area contributed by atoms with E-state index in [0.29, 0.717) is 5.41 Å². The highest BCUT2D eigenvalue weighted by molar-refractivity contribution is 5.88. The minimum absolute atomic E-state index is 0.187. The first kappa shape index (κ1) is 19.2. The second-order valence-electron chi connectivity index (χ2n) is 8.98. The quantitative estimate of drug-likeness (QED) is 0.300. The lowest BCUT2D eigenvalue weighted by atomic mass is 9.52. The van der Waals surface area contributed by atoms with Gasteiger partial charge in [0.05, 0.1) is 6.21 Å². The summed E-state index contributed by atoms with van der Waals surface area (Å²) in [6, 6.07) is 7.88.